The number of hydrogen-bond acceptors (Lipinski definition) is 5. The average Bonchev–Trinajstić information content (AvgIpc) is 3.15. The molecule has 0 aliphatic carbocycles. The largest absolute Gasteiger partial charge is 0.741 e. The van der Waals surface area contributed by atoms with Crippen molar-refractivity contribution in [3.05, 3.63) is 36.4 Å². The molecule has 0 bridgehead atoms. The van der Waals surface area contributed by atoms with Gasteiger partial charge in [-0.1, -0.05) is 18.2 Å². The molecule has 0 N–H and O–H groups in total. The number of alkyl halides is 3. The van der Waals surface area contributed by atoms with Crippen LogP contribution in [0.5, 0.6) is 5.75 Å². The van der Waals surface area contributed by atoms with Crippen molar-refractivity contribution in [2.45, 2.75) is 23.2 Å². The number of hydrogen-bond donors (Lipinski definition) is 0. The Hall–Kier alpha value is -1.49. The monoisotopic (exact) mass is 438 g/mol. The highest BCUT2D eigenvalue weighted by molar-refractivity contribution is 7.97. The molecular formula is C18H21F3O5S2. The van der Waals surface area contributed by atoms with Crippen molar-refractivity contribution in [2.75, 3.05) is 31.8 Å². The van der Waals surface area contributed by atoms with E-state index in [0.717, 1.165) is 5.75 Å². The maximum atomic E-state index is 10.7. The zero-order valence-electron chi connectivity index (χ0n) is 15.2. The van der Waals surface area contributed by atoms with Gasteiger partial charge in [-0.3, -0.25) is 0 Å². The van der Waals surface area contributed by atoms with Gasteiger partial charge < -0.3 is 14.0 Å². The van der Waals surface area contributed by atoms with E-state index in [0.29, 0.717) is 24.1 Å². The van der Waals surface area contributed by atoms with Gasteiger partial charge in [0.15, 0.2) is 15.0 Å². The Bertz CT molecular complexity index is 878. The smallest absolute Gasteiger partial charge is 0.485 e. The van der Waals surface area contributed by atoms with Crippen molar-refractivity contribution in [1.82, 2.24) is 0 Å². The first-order valence-electron chi connectivity index (χ1n) is 8.48. The van der Waals surface area contributed by atoms with E-state index in [2.05, 4.69) is 36.4 Å². The second kappa shape index (κ2) is 9.82. The van der Waals surface area contributed by atoms with Crippen LogP contribution >= 0.6 is 0 Å². The quantitative estimate of drug-likeness (QED) is 0.308. The third-order valence-corrected chi connectivity index (χ3v) is 7.12. The van der Waals surface area contributed by atoms with E-state index in [1.165, 1.54) is 40.0 Å². The Balaban J connectivity index is 0.000000300. The summed E-state index contributed by atoms with van der Waals surface area (Å²) in [6.07, 6.45) is 2.76. The molecule has 1 aliphatic rings. The van der Waals surface area contributed by atoms with Crippen molar-refractivity contribution in [3.8, 4) is 5.75 Å². The van der Waals surface area contributed by atoms with Crippen LogP contribution in [0.1, 0.15) is 12.8 Å². The molecule has 0 spiro atoms. The van der Waals surface area contributed by atoms with Gasteiger partial charge in [0.2, 0.25) is 0 Å². The van der Waals surface area contributed by atoms with Gasteiger partial charge in [-0.05, 0) is 31.0 Å². The molecule has 3 rings (SSSR count). The van der Waals surface area contributed by atoms with Gasteiger partial charge in [0.1, 0.15) is 23.9 Å². The molecule has 10 heteroatoms. The molecule has 0 amide bonds. The van der Waals surface area contributed by atoms with Gasteiger partial charge in [-0.25, -0.2) is 8.42 Å². The Labute approximate surface area is 164 Å². The van der Waals surface area contributed by atoms with Gasteiger partial charge in [0.05, 0.1) is 6.61 Å². The SMILES string of the molecule is COCCOc1ccc([S+]2CCCC2)c2ccccc12.O=S(=O)([O-])C(F)(F)F. The summed E-state index contributed by atoms with van der Waals surface area (Å²) in [5.41, 5.74) is -5.65. The maximum Gasteiger partial charge on any atom is 0.485 e. The zero-order chi connectivity index (χ0) is 20.8. The van der Waals surface area contributed by atoms with Crippen molar-refractivity contribution in [1.29, 1.82) is 0 Å². The number of methoxy groups -OCH3 is 1. The van der Waals surface area contributed by atoms with E-state index in [4.69, 9.17) is 22.4 Å². The summed E-state index contributed by atoms with van der Waals surface area (Å²) in [6, 6.07) is 13.0. The maximum absolute atomic E-state index is 10.7. The lowest BCUT2D eigenvalue weighted by molar-refractivity contribution is -0.0517. The predicted octanol–water partition coefficient (Wildman–Crippen LogP) is 3.69. The van der Waals surface area contributed by atoms with E-state index < -0.39 is 15.6 Å². The van der Waals surface area contributed by atoms with Gasteiger partial charge in [0, 0.05) is 28.8 Å². The van der Waals surface area contributed by atoms with Gasteiger partial charge in [-0.2, -0.15) is 13.2 Å². The van der Waals surface area contributed by atoms with Crippen LogP contribution in [-0.4, -0.2) is 50.3 Å². The van der Waals surface area contributed by atoms with Crippen LogP contribution in [0.15, 0.2) is 41.3 Å². The van der Waals surface area contributed by atoms with Gasteiger partial charge in [-0.15, -0.1) is 0 Å². The summed E-state index contributed by atoms with van der Waals surface area (Å²) in [6.45, 7) is 1.23. The fourth-order valence-corrected chi connectivity index (χ4v) is 5.23. The first-order valence-corrected chi connectivity index (χ1v) is 11.5. The minimum Gasteiger partial charge on any atom is -0.741 e. The number of benzene rings is 2. The molecule has 1 aliphatic heterocycles. The Morgan fingerprint density at radius 3 is 2.14 bits per heavy atom. The molecule has 2 aromatic rings. The molecular weight excluding hydrogens is 417 g/mol. The molecule has 2 aromatic carbocycles. The average molecular weight is 438 g/mol. The van der Waals surface area contributed by atoms with Crippen molar-refractivity contribution in [3.63, 3.8) is 0 Å². The van der Waals surface area contributed by atoms with Gasteiger partial charge in [0.25, 0.3) is 0 Å². The Morgan fingerprint density at radius 1 is 1.04 bits per heavy atom. The fraction of sp³-hybridized carbons (Fsp3) is 0.444. The zero-order valence-corrected chi connectivity index (χ0v) is 16.8. The lowest BCUT2D eigenvalue weighted by atomic mass is 10.1. The molecule has 0 atom stereocenters. The first kappa shape index (κ1) is 22.8. The van der Waals surface area contributed by atoms with Crippen molar-refractivity contribution < 1.29 is 35.6 Å². The van der Waals surface area contributed by atoms with E-state index in [-0.39, 0.29) is 0 Å². The Kier molecular flexibility index (Phi) is 7.99. The normalized spacial score (nSPS) is 15.3. The van der Waals surface area contributed by atoms with Gasteiger partial charge >= 0.3 is 5.51 Å². The number of rotatable bonds is 5. The molecule has 156 valence electrons. The highest BCUT2D eigenvalue weighted by Gasteiger charge is 2.37. The minimum absolute atomic E-state index is 0.439. The van der Waals surface area contributed by atoms with Crippen LogP contribution in [-0.2, 0) is 25.7 Å². The topological polar surface area (TPSA) is 75.7 Å². The van der Waals surface area contributed by atoms with E-state index in [9.17, 15) is 13.2 Å². The summed E-state index contributed by atoms with van der Waals surface area (Å²) in [5, 5.41) is 2.60. The standard InChI is InChI=1S/C17H21O2S.CHF3O3S/c1-18-10-11-19-16-8-9-17(20-12-4-5-13-20)15-7-3-2-6-14(15)16;2-1(3,4)8(5,6)7/h2-3,6-9H,4-5,10-13H2,1H3;(H,5,6,7)/q+1;/p-1. The number of ether oxygens (including phenoxy) is 2. The van der Waals surface area contributed by atoms with Crippen LogP contribution < -0.4 is 4.74 Å². The summed E-state index contributed by atoms with van der Waals surface area (Å²) < 4.78 is 69.8. The molecule has 0 aromatic heterocycles. The molecule has 0 saturated carbocycles. The van der Waals surface area contributed by atoms with Crippen LogP contribution in [0.4, 0.5) is 13.2 Å². The second-order valence-electron chi connectivity index (χ2n) is 5.96. The summed E-state index contributed by atoms with van der Waals surface area (Å²) in [7, 11) is -3.95. The lowest BCUT2D eigenvalue weighted by Crippen LogP contribution is -2.21. The first-order chi connectivity index (χ1) is 13.1. The fourth-order valence-electron chi connectivity index (χ4n) is 2.73. The van der Waals surface area contributed by atoms with E-state index >= 15 is 0 Å². The van der Waals surface area contributed by atoms with Crippen LogP contribution in [0.25, 0.3) is 10.8 Å². The molecule has 0 unspecified atom stereocenters. The van der Waals surface area contributed by atoms with Crippen LogP contribution in [0.2, 0.25) is 0 Å². The summed E-state index contributed by atoms with van der Waals surface area (Å²) >= 11 is 0. The number of halogens is 3. The predicted molar refractivity (Wildman–Crippen MR) is 102 cm³/mol. The molecule has 0 radical (unpaired) electrons. The van der Waals surface area contributed by atoms with Crippen LogP contribution in [0, 0.1) is 0 Å². The summed E-state index contributed by atoms with van der Waals surface area (Å²) in [5.74, 6) is 3.69. The molecule has 5 nitrogen and oxygen atoms in total. The molecule has 28 heavy (non-hydrogen) atoms. The van der Waals surface area contributed by atoms with E-state index in [1.807, 2.05) is 0 Å². The highest BCUT2D eigenvalue weighted by Crippen LogP contribution is 2.34. The third kappa shape index (κ3) is 6.00. The lowest BCUT2D eigenvalue weighted by Gasteiger charge is -2.11. The van der Waals surface area contributed by atoms with E-state index in [1.54, 1.807) is 7.11 Å². The minimum atomic E-state index is -6.09. The summed E-state index contributed by atoms with van der Waals surface area (Å²) in [4.78, 5) is 1.53. The second-order valence-corrected chi connectivity index (χ2v) is 9.57. The molecule has 1 fully saturated rings. The molecule has 1 saturated heterocycles. The van der Waals surface area contributed by atoms with Crippen molar-refractivity contribution in [2.24, 2.45) is 0 Å². The number of fused-ring (bicyclic) bond motifs is 1. The Morgan fingerprint density at radius 2 is 1.61 bits per heavy atom. The van der Waals surface area contributed by atoms with Crippen molar-refractivity contribution >= 4 is 31.8 Å². The third-order valence-electron chi connectivity index (χ3n) is 4.02. The van der Waals surface area contributed by atoms with Crippen LogP contribution in [0.3, 0.4) is 0 Å². The highest BCUT2D eigenvalue weighted by atomic mass is 32.2. The molecule has 1 heterocycles.